The number of nitrogens with zero attached hydrogens (tertiary/aromatic N) is 5. The van der Waals surface area contributed by atoms with E-state index in [0.29, 0.717) is 56.7 Å². The molecule has 1 aromatic carbocycles. The fraction of sp³-hybridized carbons (Fsp3) is 0.548. The summed E-state index contributed by atoms with van der Waals surface area (Å²) < 4.78 is 27.2. The van der Waals surface area contributed by atoms with Gasteiger partial charge >= 0.3 is 18.3 Å². The van der Waals surface area contributed by atoms with Gasteiger partial charge < -0.3 is 33.5 Å². The molecule has 0 spiro atoms. The molecule has 0 bridgehead atoms. The van der Waals surface area contributed by atoms with Gasteiger partial charge in [0.2, 0.25) is 0 Å². The number of fused-ring (bicyclic) bond motifs is 2. The van der Waals surface area contributed by atoms with Crippen LogP contribution in [0.5, 0.6) is 5.75 Å². The van der Waals surface area contributed by atoms with Crippen LogP contribution in [0.1, 0.15) is 110 Å². The van der Waals surface area contributed by atoms with E-state index in [0.717, 1.165) is 80.3 Å². The van der Waals surface area contributed by atoms with Gasteiger partial charge in [-0.3, -0.25) is 9.88 Å². The predicted octanol–water partition coefficient (Wildman–Crippen LogP) is 7.87. The van der Waals surface area contributed by atoms with Crippen molar-refractivity contribution in [3.05, 3.63) is 81.8 Å². The number of methoxy groups -OCH3 is 2. The number of rotatable bonds is 9. The third kappa shape index (κ3) is 10.1. The fourth-order valence-electron chi connectivity index (χ4n) is 7.45. The molecule has 3 aromatic rings. The van der Waals surface area contributed by atoms with E-state index in [4.69, 9.17) is 33.7 Å². The van der Waals surface area contributed by atoms with Crippen LogP contribution in [-0.2, 0) is 51.3 Å². The van der Waals surface area contributed by atoms with Crippen LogP contribution in [0.4, 0.5) is 20.2 Å². The first kappa shape index (κ1) is 39.9. The molecular weight excluding hydrogens is 702 g/mol. The van der Waals surface area contributed by atoms with Crippen molar-refractivity contribution < 1.29 is 38.1 Å². The zero-order valence-electron chi connectivity index (χ0n) is 32.7. The first-order valence-corrected chi connectivity index (χ1v) is 19.7. The smallest absolute Gasteiger partial charge is 0.420 e. The quantitative estimate of drug-likeness (QED) is 0.212. The van der Waals surface area contributed by atoms with E-state index in [1.54, 1.807) is 41.1 Å². The molecule has 13 nitrogen and oxygen atoms in total. The van der Waals surface area contributed by atoms with Crippen molar-refractivity contribution in [2.75, 3.05) is 52.0 Å². The maximum atomic E-state index is 12.9. The van der Waals surface area contributed by atoms with Crippen LogP contribution in [0.15, 0.2) is 42.5 Å². The highest BCUT2D eigenvalue weighted by Gasteiger charge is 2.30. The number of ether oxygens (including phenoxy) is 5. The van der Waals surface area contributed by atoms with E-state index in [1.807, 2.05) is 38.1 Å². The van der Waals surface area contributed by atoms with E-state index >= 15 is 0 Å². The number of benzene rings is 1. The van der Waals surface area contributed by atoms with Crippen molar-refractivity contribution >= 4 is 24.1 Å². The topological polar surface area (TPSA) is 133 Å². The number of para-hydroxylation sites is 1. The Morgan fingerprint density at radius 2 is 1.27 bits per heavy atom. The van der Waals surface area contributed by atoms with Gasteiger partial charge in [-0.25, -0.2) is 19.4 Å². The monoisotopic (exact) mass is 757 g/mol. The molecular formula is C42H55N5O8. The van der Waals surface area contributed by atoms with Crippen LogP contribution in [0, 0.1) is 0 Å². The molecule has 4 aliphatic rings. The molecule has 0 N–H and O–H groups in total. The molecule has 3 aliphatic heterocycles. The average Bonchev–Trinajstić information content (AvgIpc) is 3.55. The Hall–Kier alpha value is -4.75. The number of anilines is 1. The molecule has 55 heavy (non-hydrogen) atoms. The molecule has 3 amide bonds. The number of carbonyl (C=O) groups excluding carboxylic acids is 3. The number of hydrogen-bond acceptors (Lipinski definition) is 10. The van der Waals surface area contributed by atoms with Gasteiger partial charge in [0, 0.05) is 39.5 Å². The maximum Gasteiger partial charge on any atom is 0.420 e. The summed E-state index contributed by atoms with van der Waals surface area (Å²) in [6.07, 6.45) is 8.52. The van der Waals surface area contributed by atoms with Gasteiger partial charge in [0.1, 0.15) is 11.6 Å². The summed E-state index contributed by atoms with van der Waals surface area (Å²) in [7, 11) is 3.33. The number of cyclic esters (lactones) is 2. The van der Waals surface area contributed by atoms with E-state index in [9.17, 15) is 14.4 Å². The van der Waals surface area contributed by atoms with E-state index in [2.05, 4.69) is 6.07 Å². The highest BCUT2D eigenvalue weighted by Crippen LogP contribution is 2.33. The lowest BCUT2D eigenvalue weighted by molar-refractivity contribution is 0.107. The molecule has 2 atom stereocenters. The average molecular weight is 758 g/mol. The maximum absolute atomic E-state index is 12.9. The number of hydrogen-bond donors (Lipinski definition) is 0. The van der Waals surface area contributed by atoms with Crippen LogP contribution in [-0.4, -0.2) is 85.1 Å². The lowest BCUT2D eigenvalue weighted by Crippen LogP contribution is -2.39. The molecule has 0 saturated carbocycles. The molecule has 2 aromatic heterocycles. The third-order valence-corrected chi connectivity index (χ3v) is 10.7. The molecule has 5 heterocycles. The summed E-state index contributed by atoms with van der Waals surface area (Å²) in [6.45, 7) is 7.79. The largest absolute Gasteiger partial charge is 0.449 e. The van der Waals surface area contributed by atoms with E-state index in [1.165, 1.54) is 24.1 Å². The van der Waals surface area contributed by atoms with Gasteiger partial charge in [-0.05, 0) is 119 Å². The second-order valence-corrected chi connectivity index (χ2v) is 14.5. The van der Waals surface area contributed by atoms with Crippen LogP contribution in [0.3, 0.4) is 0 Å². The van der Waals surface area contributed by atoms with Crippen molar-refractivity contribution in [3.63, 3.8) is 0 Å². The Balaban J connectivity index is 0.000000197. The summed E-state index contributed by atoms with van der Waals surface area (Å²) in [5.74, 6) is 1.09. The number of pyridine rings is 2. The summed E-state index contributed by atoms with van der Waals surface area (Å²) in [4.78, 5) is 52.2. The van der Waals surface area contributed by atoms with E-state index in [-0.39, 0.29) is 24.4 Å². The number of aromatic nitrogens is 2. The minimum atomic E-state index is -0.454. The first-order valence-electron chi connectivity index (χ1n) is 19.7. The number of amides is 3. The summed E-state index contributed by atoms with van der Waals surface area (Å²) in [6, 6.07) is 13.3. The standard InChI is InChI=1S/C24H29N3O5.C18H26N2O3/c1-17(30-2)21-19(16-26-12-6-7-14-31-23(26)28)15-18-9-8-13-27(22(18)25-21)24(29)32-20-10-4-3-5-11-20;1-13(22-2)17-15(11-14-7-3-4-8-16(14)19-17)12-20-9-5-6-10-23-18(20)21/h3-5,10-11,15,17H,6-9,12-14,16H2,1-2H3;11,13H,3-10,12H2,1-2H3. The van der Waals surface area contributed by atoms with Gasteiger partial charge in [-0.15, -0.1) is 0 Å². The summed E-state index contributed by atoms with van der Waals surface area (Å²) >= 11 is 0. The van der Waals surface area contributed by atoms with Gasteiger partial charge in [-0.2, -0.15) is 0 Å². The van der Waals surface area contributed by atoms with Crippen LogP contribution in [0.2, 0.25) is 0 Å². The Morgan fingerprint density at radius 1 is 0.709 bits per heavy atom. The van der Waals surface area contributed by atoms with Crippen molar-refractivity contribution in [3.8, 4) is 5.75 Å². The number of aryl methyl sites for hydroxylation is 3. The highest BCUT2D eigenvalue weighted by atomic mass is 16.6. The van der Waals surface area contributed by atoms with Gasteiger partial charge in [0.15, 0.2) is 0 Å². The van der Waals surface area contributed by atoms with Crippen molar-refractivity contribution in [1.29, 1.82) is 0 Å². The molecule has 1 aliphatic carbocycles. The lowest BCUT2D eigenvalue weighted by atomic mass is 9.93. The van der Waals surface area contributed by atoms with Gasteiger partial charge in [0.25, 0.3) is 0 Å². The molecule has 2 fully saturated rings. The van der Waals surface area contributed by atoms with Gasteiger partial charge in [0.05, 0.1) is 49.9 Å². The zero-order valence-corrected chi connectivity index (χ0v) is 32.7. The molecule has 13 heteroatoms. The molecule has 7 rings (SSSR count). The third-order valence-electron chi connectivity index (χ3n) is 10.7. The van der Waals surface area contributed by atoms with Gasteiger partial charge in [-0.1, -0.05) is 24.3 Å². The van der Waals surface area contributed by atoms with E-state index < -0.39 is 6.09 Å². The minimum absolute atomic E-state index is 0.0692. The summed E-state index contributed by atoms with van der Waals surface area (Å²) in [5.41, 5.74) is 7.19. The van der Waals surface area contributed by atoms with Crippen molar-refractivity contribution in [2.45, 2.75) is 103 Å². The second kappa shape index (κ2) is 19.2. The molecule has 296 valence electrons. The highest BCUT2D eigenvalue weighted by molar-refractivity contribution is 5.89. The Morgan fingerprint density at radius 3 is 1.89 bits per heavy atom. The van der Waals surface area contributed by atoms with Crippen molar-refractivity contribution in [2.24, 2.45) is 0 Å². The normalized spacial score (nSPS) is 18.3. The fourth-order valence-corrected chi connectivity index (χ4v) is 7.45. The Kier molecular flexibility index (Phi) is 13.9. The minimum Gasteiger partial charge on any atom is -0.449 e. The lowest BCUT2D eigenvalue weighted by Gasteiger charge is -2.30. The first-order chi connectivity index (χ1) is 26.7. The van der Waals surface area contributed by atoms with Crippen LogP contribution >= 0.6 is 0 Å². The molecule has 2 unspecified atom stereocenters. The predicted molar refractivity (Wildman–Crippen MR) is 206 cm³/mol. The molecule has 2 saturated heterocycles. The summed E-state index contributed by atoms with van der Waals surface area (Å²) in [5, 5.41) is 0. The second-order valence-electron chi connectivity index (χ2n) is 14.5. The zero-order chi connectivity index (χ0) is 38.7. The van der Waals surface area contributed by atoms with Crippen molar-refractivity contribution in [1.82, 2.24) is 19.8 Å². The Bertz CT molecular complexity index is 1790. The van der Waals surface area contributed by atoms with Crippen LogP contribution in [0.25, 0.3) is 0 Å². The SMILES string of the molecule is COC(C)c1nc2c(cc1CN1CCCCOC1=O)CCCC2.COC(C)c1nc2c(cc1CN1CCCCOC1=O)CCCN2C(=O)Oc1ccccc1. The Labute approximate surface area is 324 Å². The molecule has 0 radical (unpaired) electrons. The van der Waals surface area contributed by atoms with Crippen LogP contribution < -0.4 is 9.64 Å². The number of carbonyl (C=O) groups is 3.